The summed E-state index contributed by atoms with van der Waals surface area (Å²) in [5.41, 5.74) is 0.173. The van der Waals surface area contributed by atoms with E-state index in [4.69, 9.17) is 14.2 Å². The van der Waals surface area contributed by atoms with Gasteiger partial charge in [0.05, 0.1) is 19.8 Å². The minimum Gasteiger partial charge on any atom is -0.382 e. The van der Waals surface area contributed by atoms with E-state index in [0.29, 0.717) is 13.2 Å². The Hall–Kier alpha value is -0.160. The Bertz CT molecular complexity index is 146. The van der Waals surface area contributed by atoms with Crippen LogP contribution in [0.1, 0.15) is 27.2 Å². The Morgan fingerprint density at radius 2 is 1.50 bits per heavy atom. The summed E-state index contributed by atoms with van der Waals surface area (Å²) in [5.74, 6) is 0. The first kappa shape index (κ1) is 15.8. The summed E-state index contributed by atoms with van der Waals surface area (Å²) < 4.78 is 15.6. The van der Waals surface area contributed by atoms with Gasteiger partial charge >= 0.3 is 0 Å². The smallest absolute Gasteiger partial charge is 0.0700 e. The molecule has 0 fully saturated rings. The molecule has 0 atom stereocenters. The molecule has 0 bridgehead atoms. The van der Waals surface area contributed by atoms with Gasteiger partial charge in [-0.15, -0.1) is 0 Å². The molecule has 0 radical (unpaired) electrons. The van der Waals surface area contributed by atoms with Gasteiger partial charge < -0.3 is 19.5 Å². The van der Waals surface area contributed by atoms with E-state index in [2.05, 4.69) is 26.1 Å². The van der Waals surface area contributed by atoms with Gasteiger partial charge in [-0.2, -0.15) is 0 Å². The van der Waals surface area contributed by atoms with E-state index >= 15 is 0 Å². The van der Waals surface area contributed by atoms with Gasteiger partial charge in [0.15, 0.2) is 0 Å². The molecule has 4 heteroatoms. The van der Waals surface area contributed by atoms with Crippen molar-refractivity contribution < 1.29 is 14.2 Å². The zero-order valence-corrected chi connectivity index (χ0v) is 11.2. The summed E-state index contributed by atoms with van der Waals surface area (Å²) in [6, 6.07) is 0. The molecule has 0 aliphatic carbocycles. The fraction of sp³-hybridized carbons (Fsp3) is 1.00. The summed E-state index contributed by atoms with van der Waals surface area (Å²) in [7, 11) is 1.68. The Morgan fingerprint density at radius 3 is 2.06 bits per heavy atom. The average Bonchev–Trinajstić information content (AvgIpc) is 2.19. The summed E-state index contributed by atoms with van der Waals surface area (Å²) in [6.45, 7) is 10.9. The highest BCUT2D eigenvalue weighted by molar-refractivity contribution is 4.69. The highest BCUT2D eigenvalue weighted by atomic mass is 16.5. The van der Waals surface area contributed by atoms with E-state index in [0.717, 1.165) is 32.8 Å². The van der Waals surface area contributed by atoms with Crippen LogP contribution in [-0.2, 0) is 14.2 Å². The van der Waals surface area contributed by atoms with Crippen LogP contribution >= 0.6 is 0 Å². The molecular formula is C12H27NO3. The largest absolute Gasteiger partial charge is 0.382 e. The highest BCUT2D eigenvalue weighted by Gasteiger charge is 2.06. The Kier molecular flexibility index (Phi) is 9.92. The summed E-state index contributed by atoms with van der Waals surface area (Å²) in [6.07, 6.45) is 0.944. The quantitative estimate of drug-likeness (QED) is 0.580. The van der Waals surface area contributed by atoms with E-state index in [-0.39, 0.29) is 5.54 Å². The maximum atomic E-state index is 5.46. The van der Waals surface area contributed by atoms with Crippen LogP contribution in [0.15, 0.2) is 0 Å². The molecule has 0 aliphatic rings. The van der Waals surface area contributed by atoms with Crippen molar-refractivity contribution in [2.45, 2.75) is 32.7 Å². The lowest BCUT2D eigenvalue weighted by Gasteiger charge is -2.20. The first-order valence-corrected chi connectivity index (χ1v) is 5.96. The monoisotopic (exact) mass is 233 g/mol. The number of hydrogen-bond acceptors (Lipinski definition) is 4. The molecule has 0 saturated carbocycles. The summed E-state index contributed by atoms with van der Waals surface area (Å²) in [5, 5.41) is 3.37. The number of hydrogen-bond donors (Lipinski definition) is 1. The molecule has 0 spiro atoms. The van der Waals surface area contributed by atoms with Crippen molar-refractivity contribution in [2.75, 3.05) is 46.7 Å². The predicted octanol–water partition coefficient (Wildman–Crippen LogP) is 1.44. The van der Waals surface area contributed by atoms with Crippen LogP contribution in [0.5, 0.6) is 0 Å². The van der Waals surface area contributed by atoms with Crippen molar-refractivity contribution in [3.8, 4) is 0 Å². The molecule has 16 heavy (non-hydrogen) atoms. The lowest BCUT2D eigenvalue weighted by Crippen LogP contribution is -2.38. The van der Waals surface area contributed by atoms with Gasteiger partial charge in [-0.05, 0) is 27.2 Å². The lowest BCUT2D eigenvalue weighted by molar-refractivity contribution is 0.0513. The van der Waals surface area contributed by atoms with E-state index in [1.807, 2.05) is 0 Å². The standard InChI is InChI=1S/C12H27NO3/c1-12(2,3)13-6-9-15-7-5-8-16-11-10-14-4/h13H,5-11H2,1-4H3. The molecular weight excluding hydrogens is 206 g/mol. The van der Waals surface area contributed by atoms with Crippen LogP contribution in [0, 0.1) is 0 Å². The normalized spacial score (nSPS) is 12.0. The van der Waals surface area contributed by atoms with Crippen molar-refractivity contribution in [1.82, 2.24) is 5.32 Å². The Balaban J connectivity index is 2.99. The fourth-order valence-electron chi connectivity index (χ4n) is 1.11. The molecule has 0 amide bonds. The van der Waals surface area contributed by atoms with Gasteiger partial charge in [0.1, 0.15) is 0 Å². The maximum Gasteiger partial charge on any atom is 0.0700 e. The lowest BCUT2D eigenvalue weighted by atomic mass is 10.1. The second-order valence-electron chi connectivity index (χ2n) is 4.75. The molecule has 0 unspecified atom stereocenters. The first-order valence-electron chi connectivity index (χ1n) is 5.96. The predicted molar refractivity (Wildman–Crippen MR) is 65.9 cm³/mol. The van der Waals surface area contributed by atoms with Crippen molar-refractivity contribution in [2.24, 2.45) is 0 Å². The molecule has 0 aromatic heterocycles. The molecule has 0 aliphatic heterocycles. The third-order valence-corrected chi connectivity index (χ3v) is 1.91. The molecule has 0 aromatic rings. The molecule has 0 heterocycles. The van der Waals surface area contributed by atoms with E-state index in [1.54, 1.807) is 7.11 Å². The Morgan fingerprint density at radius 1 is 0.875 bits per heavy atom. The second-order valence-corrected chi connectivity index (χ2v) is 4.75. The van der Waals surface area contributed by atoms with Crippen LogP contribution in [0.4, 0.5) is 0 Å². The average molecular weight is 233 g/mol. The number of rotatable bonds is 10. The molecule has 98 valence electrons. The van der Waals surface area contributed by atoms with Crippen LogP contribution < -0.4 is 5.32 Å². The van der Waals surface area contributed by atoms with Gasteiger partial charge in [0.2, 0.25) is 0 Å². The SMILES string of the molecule is COCCOCCCOCCNC(C)(C)C. The van der Waals surface area contributed by atoms with Gasteiger partial charge in [-0.1, -0.05) is 0 Å². The molecule has 0 aromatic carbocycles. The minimum atomic E-state index is 0.173. The Labute approximate surface area is 99.6 Å². The zero-order valence-electron chi connectivity index (χ0n) is 11.2. The van der Waals surface area contributed by atoms with Crippen molar-refractivity contribution >= 4 is 0 Å². The van der Waals surface area contributed by atoms with Gasteiger partial charge in [-0.25, -0.2) is 0 Å². The number of methoxy groups -OCH3 is 1. The number of nitrogens with one attached hydrogen (secondary N) is 1. The third kappa shape index (κ3) is 13.8. The zero-order chi connectivity index (χ0) is 12.3. The van der Waals surface area contributed by atoms with Crippen molar-refractivity contribution in [1.29, 1.82) is 0 Å². The van der Waals surface area contributed by atoms with Crippen molar-refractivity contribution in [3.05, 3.63) is 0 Å². The first-order chi connectivity index (χ1) is 7.56. The minimum absolute atomic E-state index is 0.173. The number of ether oxygens (including phenoxy) is 3. The highest BCUT2D eigenvalue weighted by Crippen LogP contribution is 1.96. The third-order valence-electron chi connectivity index (χ3n) is 1.91. The summed E-state index contributed by atoms with van der Waals surface area (Å²) >= 11 is 0. The van der Waals surface area contributed by atoms with E-state index < -0.39 is 0 Å². The van der Waals surface area contributed by atoms with E-state index in [1.165, 1.54) is 0 Å². The van der Waals surface area contributed by atoms with Crippen molar-refractivity contribution in [3.63, 3.8) is 0 Å². The van der Waals surface area contributed by atoms with Crippen LogP contribution in [0.25, 0.3) is 0 Å². The van der Waals surface area contributed by atoms with E-state index in [9.17, 15) is 0 Å². The van der Waals surface area contributed by atoms with Gasteiger partial charge in [0, 0.05) is 32.4 Å². The topological polar surface area (TPSA) is 39.7 Å². The molecule has 0 rings (SSSR count). The molecule has 4 nitrogen and oxygen atoms in total. The van der Waals surface area contributed by atoms with Gasteiger partial charge in [0.25, 0.3) is 0 Å². The van der Waals surface area contributed by atoms with Crippen LogP contribution in [0.3, 0.4) is 0 Å². The van der Waals surface area contributed by atoms with Crippen LogP contribution in [-0.4, -0.2) is 52.2 Å². The second kappa shape index (κ2) is 10.0. The van der Waals surface area contributed by atoms with Crippen LogP contribution in [0.2, 0.25) is 0 Å². The molecule has 1 N–H and O–H groups in total. The fourth-order valence-corrected chi connectivity index (χ4v) is 1.11. The molecule has 0 saturated heterocycles. The van der Waals surface area contributed by atoms with Gasteiger partial charge in [-0.3, -0.25) is 0 Å². The summed E-state index contributed by atoms with van der Waals surface area (Å²) in [4.78, 5) is 0. The maximum absolute atomic E-state index is 5.46.